The first-order valence-corrected chi connectivity index (χ1v) is 10.3. The van der Waals surface area contributed by atoms with Gasteiger partial charge in [-0.2, -0.15) is 0 Å². The SMILES string of the molecule is CN=CC(NC(=O)c1nc(C2CC2)cnc1Nc1cncnc1)=C(N)C(=O)NCC(C)(C)O. The summed E-state index contributed by atoms with van der Waals surface area (Å²) in [6.07, 6.45) is 9.30. The Kier molecular flexibility index (Phi) is 7.28. The number of carbonyl (C=O) groups is 2. The highest BCUT2D eigenvalue weighted by Crippen LogP contribution is 2.39. The largest absolute Gasteiger partial charge is 0.393 e. The number of allylic oxidation sites excluding steroid dienone is 1. The molecular formula is C21H27N9O3. The van der Waals surface area contributed by atoms with E-state index in [4.69, 9.17) is 5.73 Å². The molecule has 2 aromatic rings. The summed E-state index contributed by atoms with van der Waals surface area (Å²) in [4.78, 5) is 46.2. The number of nitrogens with zero attached hydrogens (tertiary/aromatic N) is 5. The summed E-state index contributed by atoms with van der Waals surface area (Å²) < 4.78 is 0. The molecule has 0 saturated heterocycles. The Balaban J connectivity index is 1.88. The fourth-order valence-corrected chi connectivity index (χ4v) is 2.72. The minimum atomic E-state index is -1.13. The molecule has 1 aliphatic carbocycles. The number of aliphatic imine (C=N–C) groups is 1. The second-order valence-corrected chi connectivity index (χ2v) is 8.18. The Bertz CT molecular complexity index is 1070. The predicted octanol–water partition coefficient (Wildman–Crippen LogP) is 0.375. The summed E-state index contributed by atoms with van der Waals surface area (Å²) in [5, 5.41) is 17.9. The van der Waals surface area contributed by atoms with Crippen LogP contribution >= 0.6 is 0 Å². The van der Waals surface area contributed by atoms with Crippen molar-refractivity contribution in [3.8, 4) is 0 Å². The quantitative estimate of drug-likeness (QED) is 0.265. The Morgan fingerprint density at radius 3 is 2.58 bits per heavy atom. The molecule has 3 rings (SSSR count). The lowest BCUT2D eigenvalue weighted by Gasteiger charge is -2.18. The molecule has 0 unspecified atom stereocenters. The van der Waals surface area contributed by atoms with Crippen LogP contribution in [0.3, 0.4) is 0 Å². The third kappa shape index (κ3) is 6.77. The van der Waals surface area contributed by atoms with E-state index in [1.807, 2.05) is 0 Å². The van der Waals surface area contributed by atoms with Crippen LogP contribution in [0.1, 0.15) is 48.8 Å². The van der Waals surface area contributed by atoms with Crippen LogP contribution in [0.25, 0.3) is 0 Å². The number of aliphatic hydroxyl groups is 1. The lowest BCUT2D eigenvalue weighted by Crippen LogP contribution is -2.41. The standard InChI is InChI=1S/C21H27N9O3/c1-21(2,33)10-27-19(31)16(22)15(8-23-3)30-20(32)17-18(28-13-6-24-11-25-7-13)26-9-14(29-17)12-4-5-12/h6-9,11-12,33H,4-5,10,22H2,1-3H3,(H,26,28)(H,27,31)(H,30,32). The number of rotatable bonds is 9. The van der Waals surface area contributed by atoms with E-state index < -0.39 is 17.4 Å². The Morgan fingerprint density at radius 2 is 1.97 bits per heavy atom. The van der Waals surface area contributed by atoms with Crippen LogP contribution in [-0.2, 0) is 4.79 Å². The highest BCUT2D eigenvalue weighted by atomic mass is 16.3. The van der Waals surface area contributed by atoms with Gasteiger partial charge in [0, 0.05) is 25.7 Å². The molecule has 12 nitrogen and oxygen atoms in total. The van der Waals surface area contributed by atoms with Gasteiger partial charge in [0.1, 0.15) is 12.0 Å². The third-order valence-corrected chi connectivity index (χ3v) is 4.55. The number of hydrogen-bond donors (Lipinski definition) is 5. The zero-order valence-corrected chi connectivity index (χ0v) is 18.7. The Labute approximate surface area is 190 Å². The van der Waals surface area contributed by atoms with Crippen LogP contribution in [0.15, 0.2) is 41.3 Å². The highest BCUT2D eigenvalue weighted by Gasteiger charge is 2.28. The molecule has 2 amide bonds. The van der Waals surface area contributed by atoms with Crippen molar-refractivity contribution < 1.29 is 14.7 Å². The number of carbonyl (C=O) groups excluding carboxylic acids is 2. The molecule has 174 valence electrons. The second kappa shape index (κ2) is 10.1. The first kappa shape index (κ1) is 23.7. The molecule has 6 N–H and O–H groups in total. The maximum absolute atomic E-state index is 13.2. The van der Waals surface area contributed by atoms with E-state index in [0.717, 1.165) is 12.8 Å². The first-order valence-electron chi connectivity index (χ1n) is 10.3. The zero-order valence-electron chi connectivity index (χ0n) is 18.7. The molecule has 0 aliphatic heterocycles. The van der Waals surface area contributed by atoms with Gasteiger partial charge in [-0.25, -0.2) is 19.9 Å². The summed E-state index contributed by atoms with van der Waals surface area (Å²) in [6, 6.07) is 0. The summed E-state index contributed by atoms with van der Waals surface area (Å²) in [5.41, 5.74) is 5.82. The van der Waals surface area contributed by atoms with Crippen molar-refractivity contribution in [3.05, 3.63) is 47.7 Å². The fourth-order valence-electron chi connectivity index (χ4n) is 2.72. The van der Waals surface area contributed by atoms with Crippen LogP contribution in [-0.4, -0.2) is 62.3 Å². The molecule has 2 aromatic heterocycles. The second-order valence-electron chi connectivity index (χ2n) is 8.18. The molecule has 0 atom stereocenters. The van der Waals surface area contributed by atoms with E-state index in [2.05, 4.69) is 40.9 Å². The normalized spacial score (nSPS) is 14.5. The molecule has 1 saturated carbocycles. The summed E-state index contributed by atoms with van der Waals surface area (Å²) >= 11 is 0. The average molecular weight is 454 g/mol. The zero-order chi connectivity index (χ0) is 24.0. The van der Waals surface area contributed by atoms with Crippen LogP contribution in [0.4, 0.5) is 11.5 Å². The summed E-state index contributed by atoms with van der Waals surface area (Å²) in [5.74, 6) is -0.824. The van der Waals surface area contributed by atoms with Crippen molar-refractivity contribution in [2.75, 3.05) is 18.9 Å². The number of nitrogens with two attached hydrogens (primary N) is 1. The van der Waals surface area contributed by atoms with Gasteiger partial charge in [-0.1, -0.05) is 0 Å². The molecule has 2 heterocycles. The van der Waals surface area contributed by atoms with E-state index in [1.165, 1.54) is 32.0 Å². The smallest absolute Gasteiger partial charge is 0.278 e. The molecule has 1 aliphatic rings. The van der Waals surface area contributed by atoms with Gasteiger partial charge in [0.15, 0.2) is 11.5 Å². The molecule has 0 bridgehead atoms. The minimum absolute atomic E-state index is 0.0108. The highest BCUT2D eigenvalue weighted by molar-refractivity contribution is 6.05. The van der Waals surface area contributed by atoms with Gasteiger partial charge in [0.25, 0.3) is 11.8 Å². The van der Waals surface area contributed by atoms with Gasteiger partial charge in [-0.3, -0.25) is 14.6 Å². The minimum Gasteiger partial charge on any atom is -0.393 e. The monoisotopic (exact) mass is 453 g/mol. The van der Waals surface area contributed by atoms with Gasteiger partial charge in [0.2, 0.25) is 0 Å². The van der Waals surface area contributed by atoms with Crippen LogP contribution in [0, 0.1) is 0 Å². The number of nitrogens with one attached hydrogen (secondary N) is 3. The fraction of sp³-hybridized carbons (Fsp3) is 0.381. The molecule has 0 radical (unpaired) electrons. The maximum atomic E-state index is 13.2. The van der Waals surface area contributed by atoms with Gasteiger partial charge >= 0.3 is 0 Å². The molecule has 33 heavy (non-hydrogen) atoms. The van der Waals surface area contributed by atoms with Crippen molar-refractivity contribution in [2.45, 2.75) is 38.2 Å². The van der Waals surface area contributed by atoms with Crippen LogP contribution in [0.5, 0.6) is 0 Å². The molecule has 0 aromatic carbocycles. The van der Waals surface area contributed by atoms with E-state index in [9.17, 15) is 14.7 Å². The van der Waals surface area contributed by atoms with Crippen molar-refractivity contribution in [1.82, 2.24) is 30.6 Å². The number of hydrogen-bond acceptors (Lipinski definition) is 10. The Morgan fingerprint density at radius 1 is 1.27 bits per heavy atom. The topological polar surface area (TPSA) is 180 Å². The Hall–Kier alpha value is -3.93. The van der Waals surface area contributed by atoms with Crippen LogP contribution in [0.2, 0.25) is 0 Å². The van der Waals surface area contributed by atoms with Crippen molar-refractivity contribution in [1.29, 1.82) is 0 Å². The van der Waals surface area contributed by atoms with Crippen molar-refractivity contribution >= 4 is 29.5 Å². The summed E-state index contributed by atoms with van der Waals surface area (Å²) in [7, 11) is 1.48. The molecule has 12 heteroatoms. The average Bonchev–Trinajstić information content (AvgIpc) is 3.62. The number of aromatic nitrogens is 4. The molecule has 0 spiro atoms. The lowest BCUT2D eigenvalue weighted by molar-refractivity contribution is -0.118. The van der Waals surface area contributed by atoms with E-state index in [0.29, 0.717) is 11.4 Å². The van der Waals surface area contributed by atoms with E-state index in [-0.39, 0.29) is 35.4 Å². The van der Waals surface area contributed by atoms with Gasteiger partial charge in [0.05, 0.1) is 41.3 Å². The molecule has 1 fully saturated rings. The van der Waals surface area contributed by atoms with Gasteiger partial charge in [-0.05, 0) is 26.7 Å². The van der Waals surface area contributed by atoms with Crippen molar-refractivity contribution in [3.63, 3.8) is 0 Å². The predicted molar refractivity (Wildman–Crippen MR) is 122 cm³/mol. The third-order valence-electron chi connectivity index (χ3n) is 4.55. The van der Waals surface area contributed by atoms with Crippen LogP contribution < -0.4 is 21.7 Å². The number of amides is 2. The van der Waals surface area contributed by atoms with Gasteiger partial charge in [-0.15, -0.1) is 0 Å². The van der Waals surface area contributed by atoms with Crippen molar-refractivity contribution in [2.24, 2.45) is 10.7 Å². The summed E-state index contributed by atoms with van der Waals surface area (Å²) in [6.45, 7) is 3.06. The maximum Gasteiger partial charge on any atom is 0.278 e. The van der Waals surface area contributed by atoms with E-state index >= 15 is 0 Å². The number of anilines is 2. The van der Waals surface area contributed by atoms with Gasteiger partial charge < -0.3 is 26.8 Å². The molecular weight excluding hydrogens is 426 g/mol. The first-order chi connectivity index (χ1) is 15.7. The van der Waals surface area contributed by atoms with E-state index in [1.54, 1.807) is 20.0 Å². The lowest BCUT2D eigenvalue weighted by atomic mass is 10.1.